The molecule has 2 N–H and O–H groups in total. The highest BCUT2D eigenvalue weighted by atomic mass is 16.6. The van der Waals surface area contributed by atoms with Crippen molar-refractivity contribution in [3.63, 3.8) is 0 Å². The van der Waals surface area contributed by atoms with Gasteiger partial charge in [-0.25, -0.2) is 9.59 Å². The number of aliphatic hydroxyl groups is 2. The first-order valence-corrected chi connectivity index (χ1v) is 25.1. The molecule has 0 spiro atoms. The fourth-order valence-corrected chi connectivity index (χ4v) is 8.26. The van der Waals surface area contributed by atoms with Crippen LogP contribution in [0.25, 0.3) is 0 Å². The van der Waals surface area contributed by atoms with Crippen LogP contribution in [0.5, 0.6) is 0 Å². The topological polar surface area (TPSA) is 127 Å². The summed E-state index contributed by atoms with van der Waals surface area (Å²) < 4.78 is 10.9. The summed E-state index contributed by atoms with van der Waals surface area (Å²) in [5.41, 5.74) is -5.87. The van der Waals surface area contributed by atoms with Gasteiger partial charge in [0.15, 0.2) is 11.6 Å². The molecule has 0 aliphatic heterocycles. The molecular formula is C54H86O8. The van der Waals surface area contributed by atoms with Gasteiger partial charge in [-0.05, 0) is 24.0 Å². The molecule has 0 aromatic heterocycles. The van der Waals surface area contributed by atoms with E-state index in [2.05, 4.69) is 13.8 Å². The van der Waals surface area contributed by atoms with Gasteiger partial charge in [0, 0.05) is 12.8 Å². The van der Waals surface area contributed by atoms with Crippen molar-refractivity contribution in [1.82, 2.24) is 0 Å². The van der Waals surface area contributed by atoms with Gasteiger partial charge in [0.05, 0.1) is 0 Å². The molecule has 8 nitrogen and oxygen atoms in total. The molecule has 0 amide bonds. The Hall–Kier alpha value is -3.36. The van der Waals surface area contributed by atoms with Crippen LogP contribution >= 0.6 is 0 Å². The summed E-state index contributed by atoms with van der Waals surface area (Å²) >= 11 is 0. The summed E-state index contributed by atoms with van der Waals surface area (Å²) in [6.45, 7) is 3.81. The lowest BCUT2D eigenvalue weighted by molar-refractivity contribution is -0.214. The molecule has 0 fully saturated rings. The van der Waals surface area contributed by atoms with Gasteiger partial charge in [0.1, 0.15) is 13.2 Å². The maximum absolute atomic E-state index is 14.1. The van der Waals surface area contributed by atoms with E-state index in [4.69, 9.17) is 9.47 Å². The van der Waals surface area contributed by atoms with Crippen molar-refractivity contribution in [2.45, 2.75) is 244 Å². The summed E-state index contributed by atoms with van der Waals surface area (Å²) in [6, 6.07) is 17.4. The Morgan fingerprint density at radius 1 is 0.371 bits per heavy atom. The van der Waals surface area contributed by atoms with Gasteiger partial charge in [0.25, 0.3) is 11.2 Å². The lowest BCUT2D eigenvalue weighted by atomic mass is 9.73. The first-order valence-electron chi connectivity index (χ1n) is 25.1. The molecule has 0 radical (unpaired) electrons. The van der Waals surface area contributed by atoms with Crippen LogP contribution in [0, 0.1) is 0 Å². The zero-order valence-corrected chi connectivity index (χ0v) is 39.2. The number of ketones is 2. The number of ether oxygens (including phenoxy) is 2. The van der Waals surface area contributed by atoms with Crippen LogP contribution < -0.4 is 0 Å². The first-order chi connectivity index (χ1) is 30.2. The van der Waals surface area contributed by atoms with E-state index in [9.17, 15) is 29.4 Å². The molecule has 2 unspecified atom stereocenters. The molecule has 2 aromatic rings. The van der Waals surface area contributed by atoms with E-state index in [1.54, 1.807) is 60.7 Å². The Morgan fingerprint density at radius 2 is 0.597 bits per heavy atom. The third kappa shape index (κ3) is 21.8. The Kier molecular flexibility index (Phi) is 31.0. The second-order valence-corrected chi connectivity index (χ2v) is 17.8. The summed E-state index contributed by atoms with van der Waals surface area (Å²) in [5.74, 6) is -5.35. The van der Waals surface area contributed by atoms with Crippen LogP contribution in [0.15, 0.2) is 60.7 Å². The number of carbonyl (C=O) groups excluding carboxylic acids is 4. The lowest BCUT2D eigenvalue weighted by Gasteiger charge is -2.37. The highest BCUT2D eigenvalue weighted by Crippen LogP contribution is 2.33. The third-order valence-corrected chi connectivity index (χ3v) is 12.4. The van der Waals surface area contributed by atoms with Gasteiger partial charge in [0.2, 0.25) is 0 Å². The lowest BCUT2D eigenvalue weighted by Crippen LogP contribution is -2.72. The van der Waals surface area contributed by atoms with E-state index >= 15 is 0 Å². The highest BCUT2D eigenvalue weighted by molar-refractivity contribution is 6.22. The van der Waals surface area contributed by atoms with E-state index in [0.29, 0.717) is 36.8 Å². The molecule has 0 saturated heterocycles. The first kappa shape index (κ1) is 54.8. The molecule has 2 rings (SSSR count). The van der Waals surface area contributed by atoms with Crippen molar-refractivity contribution in [3.05, 3.63) is 71.8 Å². The van der Waals surface area contributed by atoms with Crippen molar-refractivity contribution < 1.29 is 38.9 Å². The molecular weight excluding hydrogens is 777 g/mol. The average molecular weight is 863 g/mol. The van der Waals surface area contributed by atoms with Gasteiger partial charge in [-0.15, -0.1) is 0 Å². The normalized spacial score (nSPS) is 13.3. The highest BCUT2D eigenvalue weighted by Gasteiger charge is 2.69. The molecule has 0 bridgehead atoms. The van der Waals surface area contributed by atoms with E-state index in [-0.39, 0.29) is 26.1 Å². The zero-order chi connectivity index (χ0) is 45.0. The van der Waals surface area contributed by atoms with Crippen LogP contribution in [0.1, 0.15) is 230 Å². The molecule has 0 saturated carbocycles. The van der Waals surface area contributed by atoms with Gasteiger partial charge in [-0.3, -0.25) is 9.59 Å². The van der Waals surface area contributed by atoms with E-state index in [1.165, 1.54) is 128 Å². The average Bonchev–Trinajstić information content (AvgIpc) is 3.29. The molecule has 350 valence electrons. The van der Waals surface area contributed by atoms with Crippen LogP contribution in [-0.2, 0) is 41.9 Å². The fourth-order valence-electron chi connectivity index (χ4n) is 8.26. The number of hydrogen-bond donors (Lipinski definition) is 2. The SMILES string of the molecule is CCCCCCCCCCCCCCCCCC(=O)C(O)(C(=O)OCc1ccccc1)C(O)(C(=O)CCCCCCCCCCCCCCCCC)C(=O)OCc1ccccc1. The second kappa shape index (κ2) is 35.0. The fraction of sp³-hybridized carbons (Fsp3) is 0.704. The van der Waals surface area contributed by atoms with Crippen LogP contribution in [0.3, 0.4) is 0 Å². The van der Waals surface area contributed by atoms with Gasteiger partial charge >= 0.3 is 11.9 Å². The summed E-state index contributed by atoms with van der Waals surface area (Å²) in [6.07, 6.45) is 33.0. The number of unbranched alkanes of at least 4 members (excludes halogenated alkanes) is 28. The van der Waals surface area contributed by atoms with Gasteiger partial charge in [-0.1, -0.05) is 254 Å². The number of Topliss-reactive ketones (excluding diaryl/α,β-unsaturated/α-hetero) is 2. The Bertz CT molecular complexity index is 1340. The number of hydrogen-bond acceptors (Lipinski definition) is 8. The summed E-state index contributed by atoms with van der Waals surface area (Å²) in [7, 11) is 0. The molecule has 8 heteroatoms. The van der Waals surface area contributed by atoms with E-state index < -0.39 is 34.7 Å². The van der Waals surface area contributed by atoms with Gasteiger partial charge < -0.3 is 19.7 Å². The standard InChI is InChI=1S/C54H86O8/c1-3-5-7-9-11-13-15-17-19-21-23-25-27-29-37-43-49(55)53(59,51(57)61-45-47-39-33-31-34-40-47)54(60,52(58)62-46-48-41-35-32-36-42-48)50(56)44-38-30-28-26-24-22-20-18-16-14-12-10-8-6-4-2/h31-36,39-42,59-60H,3-30,37-38,43-46H2,1-2H3. The van der Waals surface area contributed by atoms with Crippen molar-refractivity contribution in [2.24, 2.45) is 0 Å². The zero-order valence-electron chi connectivity index (χ0n) is 39.2. The number of carbonyl (C=O) groups is 4. The van der Waals surface area contributed by atoms with Crippen LogP contribution in [-0.4, -0.2) is 44.9 Å². The number of esters is 2. The number of benzene rings is 2. The minimum absolute atomic E-state index is 0.313. The van der Waals surface area contributed by atoms with Crippen LogP contribution in [0.4, 0.5) is 0 Å². The van der Waals surface area contributed by atoms with Crippen molar-refractivity contribution >= 4 is 23.5 Å². The molecule has 2 atom stereocenters. The van der Waals surface area contributed by atoms with E-state index in [1.807, 2.05) is 0 Å². The predicted octanol–water partition coefficient (Wildman–Crippen LogP) is 13.6. The van der Waals surface area contributed by atoms with Crippen molar-refractivity contribution in [2.75, 3.05) is 0 Å². The summed E-state index contributed by atoms with van der Waals surface area (Å²) in [4.78, 5) is 56.2. The summed E-state index contributed by atoms with van der Waals surface area (Å²) in [5, 5.41) is 24.5. The van der Waals surface area contributed by atoms with Crippen molar-refractivity contribution in [3.8, 4) is 0 Å². The minimum atomic E-state index is -3.50. The minimum Gasteiger partial charge on any atom is -0.458 e. The Balaban J connectivity index is 2.03. The number of rotatable bonds is 41. The smallest absolute Gasteiger partial charge is 0.350 e. The molecule has 0 heterocycles. The second-order valence-electron chi connectivity index (χ2n) is 17.8. The Labute approximate surface area is 376 Å². The molecule has 0 aliphatic carbocycles. The quantitative estimate of drug-likeness (QED) is 0.0384. The third-order valence-electron chi connectivity index (χ3n) is 12.4. The molecule has 62 heavy (non-hydrogen) atoms. The van der Waals surface area contributed by atoms with E-state index in [0.717, 1.165) is 38.5 Å². The Morgan fingerprint density at radius 3 is 0.839 bits per heavy atom. The van der Waals surface area contributed by atoms with Crippen molar-refractivity contribution in [1.29, 1.82) is 0 Å². The van der Waals surface area contributed by atoms with Crippen LogP contribution in [0.2, 0.25) is 0 Å². The largest absolute Gasteiger partial charge is 0.458 e. The maximum atomic E-state index is 14.1. The monoisotopic (exact) mass is 863 g/mol. The maximum Gasteiger partial charge on any atom is 0.350 e. The molecule has 0 aliphatic rings. The predicted molar refractivity (Wildman–Crippen MR) is 251 cm³/mol. The molecule has 2 aromatic carbocycles. The van der Waals surface area contributed by atoms with Gasteiger partial charge in [-0.2, -0.15) is 0 Å².